The third kappa shape index (κ3) is 5.31. The monoisotopic (exact) mass is 450 g/mol. The van der Waals surface area contributed by atoms with Gasteiger partial charge in [0, 0.05) is 18.1 Å². The maximum Gasteiger partial charge on any atom is 0.338 e. The van der Waals surface area contributed by atoms with E-state index in [2.05, 4.69) is 5.32 Å². The number of carbonyl (C=O) groups is 2. The van der Waals surface area contributed by atoms with Gasteiger partial charge < -0.3 is 10.1 Å². The fraction of sp³-hybridized carbons (Fsp3) is 0.333. The first-order valence-corrected chi connectivity index (χ1v) is 11.4. The molecule has 0 bridgehead atoms. The minimum absolute atomic E-state index is 0.0456. The Kier molecular flexibility index (Phi) is 6.99. The molecule has 2 aromatic carbocycles. The maximum absolute atomic E-state index is 12.9. The maximum atomic E-state index is 12.9. The smallest absolute Gasteiger partial charge is 0.338 e. The molecule has 0 saturated heterocycles. The van der Waals surface area contributed by atoms with Gasteiger partial charge in [0.1, 0.15) is 0 Å². The predicted molar refractivity (Wildman–Crippen MR) is 114 cm³/mol. The summed E-state index contributed by atoms with van der Waals surface area (Å²) >= 11 is 5.95. The number of carbonyl (C=O) groups excluding carboxylic acids is 2. The number of esters is 1. The van der Waals surface area contributed by atoms with Crippen molar-refractivity contribution in [2.75, 3.05) is 18.0 Å². The minimum atomic E-state index is -3.92. The summed E-state index contributed by atoms with van der Waals surface area (Å²) in [5, 5.41) is 3.23. The van der Waals surface area contributed by atoms with Crippen LogP contribution in [0.5, 0.6) is 0 Å². The molecule has 1 aliphatic carbocycles. The van der Waals surface area contributed by atoms with Gasteiger partial charge in [0.25, 0.3) is 15.9 Å². The summed E-state index contributed by atoms with van der Waals surface area (Å²) < 4.78 is 32.0. The highest BCUT2D eigenvalue weighted by Gasteiger charge is 2.23. The van der Waals surface area contributed by atoms with Crippen LogP contribution in [0.25, 0.3) is 0 Å². The van der Waals surface area contributed by atoms with E-state index in [-0.39, 0.29) is 22.4 Å². The first-order valence-electron chi connectivity index (χ1n) is 9.58. The van der Waals surface area contributed by atoms with Gasteiger partial charge in [0.2, 0.25) is 0 Å². The lowest BCUT2D eigenvalue weighted by atomic mass is 10.2. The molecule has 0 radical (unpaired) electrons. The van der Waals surface area contributed by atoms with Crippen LogP contribution >= 0.6 is 11.6 Å². The number of halogens is 1. The fourth-order valence-electron chi connectivity index (χ4n) is 3.31. The molecule has 160 valence electrons. The third-order valence-electron chi connectivity index (χ3n) is 4.95. The van der Waals surface area contributed by atoms with Crippen LogP contribution in [0, 0.1) is 0 Å². The molecule has 30 heavy (non-hydrogen) atoms. The van der Waals surface area contributed by atoms with E-state index < -0.39 is 22.6 Å². The molecule has 1 saturated carbocycles. The van der Waals surface area contributed by atoms with Gasteiger partial charge in [-0.15, -0.1) is 0 Å². The zero-order valence-electron chi connectivity index (χ0n) is 16.5. The van der Waals surface area contributed by atoms with Gasteiger partial charge in [0.05, 0.1) is 16.1 Å². The third-order valence-corrected chi connectivity index (χ3v) is 6.97. The van der Waals surface area contributed by atoms with Crippen molar-refractivity contribution in [3.8, 4) is 0 Å². The van der Waals surface area contributed by atoms with Crippen LogP contribution in [-0.4, -0.2) is 40.0 Å². The largest absolute Gasteiger partial charge is 0.452 e. The number of rotatable bonds is 7. The molecule has 0 aromatic heterocycles. The number of amides is 1. The topological polar surface area (TPSA) is 92.8 Å². The van der Waals surface area contributed by atoms with Crippen LogP contribution in [0.3, 0.4) is 0 Å². The molecule has 0 heterocycles. The van der Waals surface area contributed by atoms with E-state index in [1.807, 2.05) is 0 Å². The predicted octanol–water partition coefficient (Wildman–Crippen LogP) is 3.38. The van der Waals surface area contributed by atoms with Crippen molar-refractivity contribution in [2.24, 2.45) is 0 Å². The molecule has 1 N–H and O–H groups in total. The van der Waals surface area contributed by atoms with Crippen molar-refractivity contribution in [1.29, 1.82) is 0 Å². The highest BCUT2D eigenvalue weighted by atomic mass is 35.5. The normalized spacial score (nSPS) is 14.3. The number of benzene rings is 2. The average molecular weight is 451 g/mol. The van der Waals surface area contributed by atoms with Crippen molar-refractivity contribution in [1.82, 2.24) is 5.32 Å². The molecular weight excluding hydrogens is 428 g/mol. The van der Waals surface area contributed by atoms with Gasteiger partial charge >= 0.3 is 5.97 Å². The molecule has 1 amide bonds. The van der Waals surface area contributed by atoms with E-state index in [4.69, 9.17) is 16.3 Å². The molecule has 0 spiro atoms. The Hall–Kier alpha value is -2.58. The van der Waals surface area contributed by atoms with E-state index in [9.17, 15) is 18.0 Å². The van der Waals surface area contributed by atoms with Gasteiger partial charge in [-0.3, -0.25) is 9.10 Å². The number of ether oxygens (including phenoxy) is 1. The number of hydrogen-bond acceptors (Lipinski definition) is 5. The average Bonchev–Trinajstić information content (AvgIpc) is 3.24. The molecule has 1 fully saturated rings. The number of hydrogen-bond donors (Lipinski definition) is 1. The summed E-state index contributed by atoms with van der Waals surface area (Å²) in [5.41, 5.74) is 0.434. The molecule has 9 heteroatoms. The highest BCUT2D eigenvalue weighted by Crippen LogP contribution is 2.25. The Morgan fingerprint density at radius 1 is 1.13 bits per heavy atom. The molecule has 3 rings (SSSR count). The van der Waals surface area contributed by atoms with Crippen LogP contribution in [0.15, 0.2) is 53.4 Å². The summed E-state index contributed by atoms with van der Waals surface area (Å²) in [5.74, 6) is -1.13. The zero-order chi connectivity index (χ0) is 21.7. The van der Waals surface area contributed by atoms with Crippen LogP contribution in [-0.2, 0) is 19.6 Å². The Morgan fingerprint density at radius 2 is 1.83 bits per heavy atom. The van der Waals surface area contributed by atoms with Gasteiger partial charge in [-0.25, -0.2) is 13.2 Å². The van der Waals surface area contributed by atoms with Crippen molar-refractivity contribution in [3.63, 3.8) is 0 Å². The summed E-state index contributed by atoms with van der Waals surface area (Å²) in [7, 11) is -2.52. The first-order chi connectivity index (χ1) is 14.3. The zero-order valence-corrected chi connectivity index (χ0v) is 18.1. The van der Waals surface area contributed by atoms with E-state index >= 15 is 0 Å². The molecule has 1 aliphatic rings. The molecule has 7 nitrogen and oxygen atoms in total. The molecule has 0 aliphatic heterocycles. The number of sulfonamides is 1. The number of nitrogens with one attached hydrogen (secondary N) is 1. The van der Waals surface area contributed by atoms with Crippen LogP contribution < -0.4 is 9.62 Å². The van der Waals surface area contributed by atoms with Crippen molar-refractivity contribution < 1.29 is 22.7 Å². The summed E-state index contributed by atoms with van der Waals surface area (Å²) in [6.45, 7) is -0.408. The quantitative estimate of drug-likeness (QED) is 0.653. The van der Waals surface area contributed by atoms with Crippen LogP contribution in [0.1, 0.15) is 36.0 Å². The van der Waals surface area contributed by atoms with E-state index in [1.165, 1.54) is 37.4 Å². The van der Waals surface area contributed by atoms with Gasteiger partial charge in [-0.1, -0.05) is 36.6 Å². The summed E-state index contributed by atoms with van der Waals surface area (Å²) in [4.78, 5) is 24.2. The van der Waals surface area contributed by atoms with Gasteiger partial charge in [-0.05, 0) is 49.2 Å². The van der Waals surface area contributed by atoms with E-state index in [1.54, 1.807) is 18.2 Å². The van der Waals surface area contributed by atoms with Gasteiger partial charge in [-0.2, -0.15) is 0 Å². The second-order valence-electron chi connectivity index (χ2n) is 7.11. The second kappa shape index (κ2) is 9.49. The number of nitrogens with zero attached hydrogens (tertiary/aromatic N) is 1. The standard InChI is InChI=1S/C21H23ClN2O5S/c1-24(18-10-5-7-16(22)13-18)30(27,28)19-11-4-6-15(12-19)21(26)29-14-20(25)23-17-8-2-3-9-17/h4-7,10-13,17H,2-3,8-9,14H2,1H3,(H,23,25). The molecular formula is C21H23ClN2O5S. The number of anilines is 1. The minimum Gasteiger partial charge on any atom is -0.452 e. The molecule has 0 atom stereocenters. The Balaban J connectivity index is 1.68. The lowest BCUT2D eigenvalue weighted by Gasteiger charge is -2.20. The Labute approximate surface area is 181 Å². The van der Waals surface area contributed by atoms with E-state index in [0.29, 0.717) is 10.7 Å². The van der Waals surface area contributed by atoms with E-state index in [0.717, 1.165) is 30.0 Å². The lowest BCUT2D eigenvalue weighted by molar-refractivity contribution is -0.124. The van der Waals surface area contributed by atoms with Crippen molar-refractivity contribution in [3.05, 3.63) is 59.1 Å². The van der Waals surface area contributed by atoms with Crippen molar-refractivity contribution in [2.45, 2.75) is 36.6 Å². The summed E-state index contributed by atoms with van der Waals surface area (Å²) in [6.07, 6.45) is 4.02. The van der Waals surface area contributed by atoms with Crippen LogP contribution in [0.2, 0.25) is 5.02 Å². The van der Waals surface area contributed by atoms with Gasteiger partial charge in [0.15, 0.2) is 6.61 Å². The summed E-state index contributed by atoms with van der Waals surface area (Å²) in [6, 6.07) is 12.1. The Morgan fingerprint density at radius 3 is 2.53 bits per heavy atom. The SMILES string of the molecule is CN(c1cccc(Cl)c1)S(=O)(=O)c1cccc(C(=O)OCC(=O)NC2CCCC2)c1. The molecule has 0 unspecified atom stereocenters. The first kappa shape index (κ1) is 22.1. The van der Waals surface area contributed by atoms with Crippen molar-refractivity contribution >= 4 is 39.2 Å². The molecule has 2 aromatic rings. The second-order valence-corrected chi connectivity index (χ2v) is 9.51. The van der Waals surface area contributed by atoms with Crippen LogP contribution in [0.4, 0.5) is 5.69 Å². The highest BCUT2D eigenvalue weighted by molar-refractivity contribution is 7.92. The lowest BCUT2D eigenvalue weighted by Crippen LogP contribution is -2.35. The fourth-order valence-corrected chi connectivity index (χ4v) is 4.72. The Bertz CT molecular complexity index is 1040.